The van der Waals surface area contributed by atoms with Crippen molar-refractivity contribution in [1.82, 2.24) is 19.9 Å². The summed E-state index contributed by atoms with van der Waals surface area (Å²) >= 11 is 6.21. The highest BCUT2D eigenvalue weighted by molar-refractivity contribution is 6.33. The lowest BCUT2D eigenvalue weighted by atomic mass is 10.1. The van der Waals surface area contributed by atoms with Gasteiger partial charge in [-0.3, -0.25) is 4.79 Å². The molecule has 2 heterocycles. The van der Waals surface area contributed by atoms with Gasteiger partial charge in [-0.25, -0.2) is 0 Å². The Morgan fingerprint density at radius 2 is 1.89 bits per heavy atom. The number of oxazole rings is 1. The fraction of sp³-hybridized carbons (Fsp3) is 0.150. The highest BCUT2D eigenvalue weighted by atomic mass is 35.5. The van der Waals surface area contributed by atoms with E-state index >= 15 is 0 Å². The first-order valence-corrected chi connectivity index (χ1v) is 8.94. The lowest BCUT2D eigenvalue weighted by Crippen LogP contribution is -2.27. The number of halogens is 1. The minimum Gasteiger partial charge on any atom is -0.427 e. The van der Waals surface area contributed by atoms with Gasteiger partial charge < -0.3 is 9.73 Å². The number of rotatable bonds is 5. The molecule has 2 aromatic heterocycles. The number of amides is 1. The number of carbonyl (C=O) groups excluding carboxylic acids is 1. The molecule has 136 valence electrons. The number of aryl methyl sites for hydroxylation is 1. The molecule has 1 amide bonds. The Labute approximate surface area is 160 Å². The first kappa shape index (κ1) is 17.3. The summed E-state index contributed by atoms with van der Waals surface area (Å²) < 4.78 is 7.03. The van der Waals surface area contributed by atoms with Crippen LogP contribution in [-0.2, 0) is 6.42 Å². The van der Waals surface area contributed by atoms with Crippen molar-refractivity contribution in [3.05, 3.63) is 76.6 Å². The zero-order valence-electron chi connectivity index (χ0n) is 14.6. The summed E-state index contributed by atoms with van der Waals surface area (Å²) in [5.74, 6) is 0.888. The van der Waals surface area contributed by atoms with Crippen LogP contribution < -0.4 is 5.32 Å². The number of nitrogens with zero attached hydrogens (tertiary/aromatic N) is 3. The first-order valence-electron chi connectivity index (χ1n) is 8.56. The van der Waals surface area contributed by atoms with Crippen LogP contribution in [0.3, 0.4) is 0 Å². The predicted molar refractivity (Wildman–Crippen MR) is 103 cm³/mol. The molecule has 0 bridgehead atoms. The third kappa shape index (κ3) is 3.44. The standard InChI is InChI=1S/C20H17ClN4O2/c1-13-17(19(26)22-12-11-14-7-3-2-4-8-14)25-20(27-13)23-18(24-25)15-9-5-6-10-16(15)21/h2-10H,11-12H2,1H3,(H,22,26). The molecule has 0 fully saturated rings. The Hall–Kier alpha value is -3.12. The summed E-state index contributed by atoms with van der Waals surface area (Å²) in [6.45, 7) is 2.23. The van der Waals surface area contributed by atoms with Gasteiger partial charge in [-0.05, 0) is 31.0 Å². The van der Waals surface area contributed by atoms with E-state index in [4.69, 9.17) is 16.0 Å². The number of benzene rings is 2. The van der Waals surface area contributed by atoms with Gasteiger partial charge in [-0.15, -0.1) is 5.10 Å². The number of carbonyl (C=O) groups is 1. The van der Waals surface area contributed by atoms with Crippen LogP contribution in [0.15, 0.2) is 59.0 Å². The topological polar surface area (TPSA) is 72.4 Å². The van der Waals surface area contributed by atoms with Crippen molar-refractivity contribution in [3.63, 3.8) is 0 Å². The average Bonchev–Trinajstić information content (AvgIpc) is 3.19. The van der Waals surface area contributed by atoms with Crippen LogP contribution in [0.1, 0.15) is 21.8 Å². The lowest BCUT2D eigenvalue weighted by molar-refractivity contribution is 0.0946. The second-order valence-electron chi connectivity index (χ2n) is 6.11. The molecule has 0 unspecified atom stereocenters. The van der Waals surface area contributed by atoms with E-state index in [0.29, 0.717) is 34.4 Å². The molecule has 0 aliphatic heterocycles. The van der Waals surface area contributed by atoms with Crippen molar-refractivity contribution in [3.8, 4) is 11.4 Å². The zero-order chi connectivity index (χ0) is 18.8. The Morgan fingerprint density at radius 1 is 1.15 bits per heavy atom. The second kappa shape index (κ2) is 7.25. The zero-order valence-corrected chi connectivity index (χ0v) is 15.4. The third-order valence-corrected chi connectivity index (χ3v) is 4.57. The van der Waals surface area contributed by atoms with Gasteiger partial charge in [0.2, 0.25) is 0 Å². The Bertz CT molecular complexity index is 1100. The van der Waals surface area contributed by atoms with Gasteiger partial charge in [0.1, 0.15) is 5.76 Å². The van der Waals surface area contributed by atoms with Crippen molar-refractivity contribution in [2.45, 2.75) is 13.3 Å². The van der Waals surface area contributed by atoms with Crippen molar-refractivity contribution < 1.29 is 9.21 Å². The van der Waals surface area contributed by atoms with Crippen LogP contribution in [0.25, 0.3) is 17.2 Å². The smallest absolute Gasteiger partial charge is 0.325 e. The number of hydrogen-bond donors (Lipinski definition) is 1. The van der Waals surface area contributed by atoms with E-state index in [1.807, 2.05) is 48.5 Å². The molecule has 0 aliphatic carbocycles. The molecule has 0 radical (unpaired) electrons. The van der Waals surface area contributed by atoms with Gasteiger partial charge in [0.25, 0.3) is 5.91 Å². The first-order chi connectivity index (χ1) is 13.1. The van der Waals surface area contributed by atoms with Crippen LogP contribution in [0.4, 0.5) is 0 Å². The van der Waals surface area contributed by atoms with Gasteiger partial charge in [-0.1, -0.05) is 54.1 Å². The maximum atomic E-state index is 12.7. The van der Waals surface area contributed by atoms with E-state index in [2.05, 4.69) is 15.4 Å². The highest BCUT2D eigenvalue weighted by Gasteiger charge is 2.22. The molecule has 27 heavy (non-hydrogen) atoms. The number of fused-ring (bicyclic) bond motifs is 1. The normalized spacial score (nSPS) is 11.0. The van der Waals surface area contributed by atoms with Crippen molar-refractivity contribution in [2.75, 3.05) is 6.54 Å². The second-order valence-corrected chi connectivity index (χ2v) is 6.52. The van der Waals surface area contributed by atoms with E-state index in [0.717, 1.165) is 12.0 Å². The Morgan fingerprint density at radius 3 is 2.67 bits per heavy atom. The van der Waals surface area contributed by atoms with E-state index in [1.165, 1.54) is 4.52 Å². The van der Waals surface area contributed by atoms with Gasteiger partial charge >= 0.3 is 5.84 Å². The van der Waals surface area contributed by atoms with Crippen molar-refractivity contribution in [2.24, 2.45) is 0 Å². The SMILES string of the molecule is Cc1oc2nc(-c3ccccc3Cl)nn2c1C(=O)NCCc1ccccc1. The van der Waals surface area contributed by atoms with Crippen molar-refractivity contribution in [1.29, 1.82) is 0 Å². The lowest BCUT2D eigenvalue weighted by Gasteiger charge is -2.04. The van der Waals surface area contributed by atoms with Crippen LogP contribution in [0.2, 0.25) is 5.02 Å². The molecule has 7 heteroatoms. The quantitative estimate of drug-likeness (QED) is 0.569. The van der Waals surface area contributed by atoms with Gasteiger partial charge in [-0.2, -0.15) is 9.50 Å². The molecule has 6 nitrogen and oxygen atoms in total. The molecule has 1 N–H and O–H groups in total. The maximum Gasteiger partial charge on any atom is 0.325 e. The fourth-order valence-electron chi connectivity index (χ4n) is 2.91. The predicted octanol–water partition coefficient (Wildman–Crippen LogP) is 3.92. The fourth-order valence-corrected chi connectivity index (χ4v) is 3.13. The molecule has 0 spiro atoms. The largest absolute Gasteiger partial charge is 0.427 e. The number of hydrogen-bond acceptors (Lipinski definition) is 4. The average molecular weight is 381 g/mol. The van der Waals surface area contributed by atoms with Gasteiger partial charge in [0.05, 0.1) is 5.02 Å². The van der Waals surface area contributed by atoms with Crippen LogP contribution >= 0.6 is 11.6 Å². The molecule has 2 aromatic carbocycles. The molecule has 4 rings (SSSR count). The molecule has 0 saturated heterocycles. The van der Waals surface area contributed by atoms with E-state index < -0.39 is 0 Å². The molecule has 0 atom stereocenters. The molecular weight excluding hydrogens is 364 g/mol. The van der Waals surface area contributed by atoms with Crippen molar-refractivity contribution >= 4 is 23.4 Å². The minimum absolute atomic E-state index is 0.252. The number of nitrogens with one attached hydrogen (secondary N) is 1. The summed E-state index contributed by atoms with van der Waals surface area (Å²) in [4.78, 5) is 17.0. The van der Waals surface area contributed by atoms with Gasteiger partial charge in [0, 0.05) is 12.1 Å². The third-order valence-electron chi connectivity index (χ3n) is 4.24. The Kier molecular flexibility index (Phi) is 4.64. The molecular formula is C20H17ClN4O2. The number of aromatic nitrogens is 3. The van der Waals surface area contributed by atoms with E-state index in [1.54, 1.807) is 13.0 Å². The summed E-state index contributed by atoms with van der Waals surface area (Å²) in [6, 6.07) is 17.3. The minimum atomic E-state index is -0.252. The van der Waals surface area contributed by atoms with E-state index in [9.17, 15) is 4.79 Å². The maximum absolute atomic E-state index is 12.7. The summed E-state index contributed by atoms with van der Waals surface area (Å²) in [6.07, 6.45) is 0.745. The van der Waals surface area contributed by atoms with Crippen LogP contribution in [-0.4, -0.2) is 27.0 Å². The van der Waals surface area contributed by atoms with Crippen LogP contribution in [0.5, 0.6) is 0 Å². The molecule has 4 aromatic rings. The summed E-state index contributed by atoms with van der Waals surface area (Å²) in [5.41, 5.74) is 2.18. The summed E-state index contributed by atoms with van der Waals surface area (Å²) in [7, 11) is 0. The monoisotopic (exact) mass is 380 g/mol. The Balaban J connectivity index is 1.56. The molecule has 0 saturated carbocycles. The highest BCUT2D eigenvalue weighted by Crippen LogP contribution is 2.26. The van der Waals surface area contributed by atoms with Crippen LogP contribution in [0, 0.1) is 6.92 Å². The van der Waals surface area contributed by atoms with E-state index in [-0.39, 0.29) is 11.8 Å². The molecule has 0 aliphatic rings. The van der Waals surface area contributed by atoms with Gasteiger partial charge in [0.15, 0.2) is 11.5 Å². The summed E-state index contributed by atoms with van der Waals surface area (Å²) in [5, 5.41) is 7.87.